The number of morpholine rings is 1. The minimum atomic E-state index is -4.71. The topological polar surface area (TPSA) is 115 Å². The lowest BCUT2D eigenvalue weighted by molar-refractivity contribution is -0.142. The Balaban J connectivity index is 1.43. The van der Waals surface area contributed by atoms with E-state index in [-0.39, 0.29) is 45.8 Å². The van der Waals surface area contributed by atoms with Gasteiger partial charge in [-0.15, -0.1) is 0 Å². The van der Waals surface area contributed by atoms with E-state index in [9.17, 15) is 23.1 Å². The van der Waals surface area contributed by atoms with Crippen molar-refractivity contribution in [1.82, 2.24) is 24.4 Å². The fraction of sp³-hybridized carbons (Fsp3) is 0.238. The number of hydrogen-bond acceptors (Lipinski definition) is 8. The molecule has 3 aromatic heterocycles. The SMILES string of the molecule is O=C(c1ccc(Oc2nccn3c(-c4conc4C(F)(F)F)cnc23)cc1O)N1CCOCC1. The maximum absolute atomic E-state index is 13.2. The number of imidazole rings is 1. The van der Waals surface area contributed by atoms with E-state index in [1.807, 2.05) is 0 Å². The summed E-state index contributed by atoms with van der Waals surface area (Å²) in [5.74, 6) is -0.489. The number of phenols is 1. The largest absolute Gasteiger partial charge is 0.507 e. The predicted octanol–water partition coefficient (Wildman–Crippen LogP) is 3.37. The van der Waals surface area contributed by atoms with Gasteiger partial charge in [-0.2, -0.15) is 13.2 Å². The van der Waals surface area contributed by atoms with Crippen LogP contribution in [0.5, 0.6) is 17.4 Å². The minimum Gasteiger partial charge on any atom is -0.507 e. The molecule has 34 heavy (non-hydrogen) atoms. The molecule has 1 N–H and O–H groups in total. The van der Waals surface area contributed by atoms with E-state index in [1.165, 1.54) is 41.2 Å². The van der Waals surface area contributed by atoms with E-state index < -0.39 is 11.9 Å². The van der Waals surface area contributed by atoms with E-state index in [0.29, 0.717) is 26.3 Å². The standard InChI is InChI=1S/C21H16F3N5O5/c22-21(23,24)17-14(11-33-27-17)15-10-26-18-19(25-3-4-29(15)18)34-12-1-2-13(16(30)9-12)20(31)28-5-7-32-8-6-28/h1-4,9-11,30H,5-8H2. The summed E-state index contributed by atoms with van der Waals surface area (Å²) < 4.78 is 56.6. The number of benzene rings is 1. The number of hydrogen-bond donors (Lipinski definition) is 1. The monoisotopic (exact) mass is 475 g/mol. The van der Waals surface area contributed by atoms with Crippen molar-refractivity contribution < 1.29 is 37.1 Å². The zero-order valence-electron chi connectivity index (χ0n) is 17.3. The predicted molar refractivity (Wildman–Crippen MR) is 108 cm³/mol. The molecule has 5 rings (SSSR count). The minimum absolute atomic E-state index is 0.0228. The normalized spacial score (nSPS) is 14.5. The van der Waals surface area contributed by atoms with Crippen LogP contribution in [0.2, 0.25) is 0 Å². The Morgan fingerprint density at radius 1 is 1.18 bits per heavy atom. The Hall–Kier alpha value is -4.13. The molecule has 13 heteroatoms. The third-order valence-electron chi connectivity index (χ3n) is 5.22. The summed E-state index contributed by atoms with van der Waals surface area (Å²) in [4.78, 5) is 22.4. The third-order valence-corrected chi connectivity index (χ3v) is 5.22. The first kappa shape index (κ1) is 21.7. The molecular weight excluding hydrogens is 459 g/mol. The Bertz CT molecular complexity index is 1360. The summed E-state index contributed by atoms with van der Waals surface area (Å²) in [6, 6.07) is 4.15. The Kier molecular flexibility index (Phi) is 5.32. The number of amides is 1. The van der Waals surface area contributed by atoms with Crippen LogP contribution >= 0.6 is 0 Å². The van der Waals surface area contributed by atoms with Crippen LogP contribution in [0.25, 0.3) is 16.9 Å². The molecule has 1 amide bonds. The molecule has 4 aromatic rings. The van der Waals surface area contributed by atoms with Gasteiger partial charge in [-0.1, -0.05) is 5.16 Å². The fourth-order valence-corrected chi connectivity index (χ4v) is 3.59. The van der Waals surface area contributed by atoms with Crippen LogP contribution in [0.1, 0.15) is 16.1 Å². The number of alkyl halides is 3. The van der Waals surface area contributed by atoms with E-state index in [2.05, 4.69) is 19.6 Å². The number of nitrogens with zero attached hydrogens (tertiary/aromatic N) is 5. The number of fused-ring (bicyclic) bond motifs is 1. The van der Waals surface area contributed by atoms with Gasteiger partial charge in [0.1, 0.15) is 17.8 Å². The maximum Gasteiger partial charge on any atom is 0.437 e. The molecule has 1 fully saturated rings. The van der Waals surface area contributed by atoms with Gasteiger partial charge in [0.2, 0.25) is 5.65 Å². The Morgan fingerprint density at radius 2 is 1.97 bits per heavy atom. The summed E-state index contributed by atoms with van der Waals surface area (Å²) in [7, 11) is 0. The zero-order valence-corrected chi connectivity index (χ0v) is 17.3. The maximum atomic E-state index is 13.2. The molecule has 0 spiro atoms. The number of aromatic hydroxyl groups is 1. The molecule has 0 saturated carbocycles. The molecule has 176 valence electrons. The van der Waals surface area contributed by atoms with Gasteiger partial charge < -0.3 is 24.0 Å². The molecular formula is C21H16F3N5O5. The van der Waals surface area contributed by atoms with E-state index in [1.54, 1.807) is 4.90 Å². The molecule has 1 aromatic carbocycles. The first-order valence-electron chi connectivity index (χ1n) is 10.0. The van der Waals surface area contributed by atoms with Crippen LogP contribution < -0.4 is 4.74 Å². The van der Waals surface area contributed by atoms with Gasteiger partial charge in [0, 0.05) is 31.5 Å². The van der Waals surface area contributed by atoms with Crippen LogP contribution in [-0.4, -0.2) is 61.7 Å². The van der Waals surface area contributed by atoms with Crippen molar-refractivity contribution in [1.29, 1.82) is 0 Å². The van der Waals surface area contributed by atoms with Crippen molar-refractivity contribution in [3.63, 3.8) is 0 Å². The molecule has 0 radical (unpaired) electrons. The molecule has 0 atom stereocenters. The lowest BCUT2D eigenvalue weighted by atomic mass is 10.1. The summed E-state index contributed by atoms with van der Waals surface area (Å²) >= 11 is 0. The number of carbonyl (C=O) groups excluding carboxylic acids is 1. The highest BCUT2D eigenvalue weighted by Gasteiger charge is 2.38. The van der Waals surface area contributed by atoms with Gasteiger partial charge in [-0.25, -0.2) is 9.97 Å². The van der Waals surface area contributed by atoms with Gasteiger partial charge >= 0.3 is 6.18 Å². The van der Waals surface area contributed by atoms with Crippen molar-refractivity contribution in [2.24, 2.45) is 0 Å². The summed E-state index contributed by atoms with van der Waals surface area (Å²) in [6.07, 6.45) is 0.128. The van der Waals surface area contributed by atoms with Gasteiger partial charge in [0.25, 0.3) is 11.8 Å². The molecule has 1 aliphatic rings. The quantitative estimate of drug-likeness (QED) is 0.478. The van der Waals surface area contributed by atoms with Crippen LogP contribution in [-0.2, 0) is 10.9 Å². The second-order valence-electron chi connectivity index (χ2n) is 7.33. The fourth-order valence-electron chi connectivity index (χ4n) is 3.59. The number of phenolic OH excluding ortho intramolecular Hbond substituents is 1. The summed E-state index contributed by atoms with van der Waals surface area (Å²) in [5, 5.41) is 13.4. The highest BCUT2D eigenvalue weighted by Crippen LogP contribution is 2.37. The summed E-state index contributed by atoms with van der Waals surface area (Å²) in [6.45, 7) is 1.70. The second-order valence-corrected chi connectivity index (χ2v) is 7.33. The van der Waals surface area contributed by atoms with Crippen LogP contribution in [0.15, 0.2) is 47.6 Å². The van der Waals surface area contributed by atoms with Crippen LogP contribution in [0, 0.1) is 0 Å². The van der Waals surface area contributed by atoms with E-state index in [4.69, 9.17) is 9.47 Å². The van der Waals surface area contributed by atoms with Crippen molar-refractivity contribution >= 4 is 11.6 Å². The molecule has 0 aliphatic carbocycles. The first-order chi connectivity index (χ1) is 16.3. The molecule has 4 heterocycles. The number of carbonyl (C=O) groups is 1. The van der Waals surface area contributed by atoms with E-state index >= 15 is 0 Å². The molecule has 0 unspecified atom stereocenters. The van der Waals surface area contributed by atoms with Crippen molar-refractivity contribution in [2.75, 3.05) is 26.3 Å². The highest BCUT2D eigenvalue weighted by atomic mass is 19.4. The third kappa shape index (κ3) is 3.90. The highest BCUT2D eigenvalue weighted by molar-refractivity contribution is 5.97. The van der Waals surface area contributed by atoms with Crippen LogP contribution in [0.4, 0.5) is 13.2 Å². The average Bonchev–Trinajstić information content (AvgIpc) is 3.47. The average molecular weight is 475 g/mol. The molecule has 1 saturated heterocycles. The van der Waals surface area contributed by atoms with Crippen LogP contribution in [0.3, 0.4) is 0 Å². The Labute approximate surface area is 189 Å². The van der Waals surface area contributed by atoms with Gasteiger partial charge in [0.05, 0.1) is 36.2 Å². The number of rotatable bonds is 4. The van der Waals surface area contributed by atoms with Gasteiger partial charge in [-0.05, 0) is 12.1 Å². The first-order valence-corrected chi connectivity index (χ1v) is 10.0. The van der Waals surface area contributed by atoms with E-state index in [0.717, 1.165) is 6.26 Å². The molecule has 0 bridgehead atoms. The number of aromatic nitrogens is 4. The van der Waals surface area contributed by atoms with Crippen molar-refractivity contribution in [2.45, 2.75) is 6.18 Å². The van der Waals surface area contributed by atoms with Crippen molar-refractivity contribution in [3.05, 3.63) is 54.3 Å². The molecule has 10 nitrogen and oxygen atoms in total. The van der Waals surface area contributed by atoms with Gasteiger partial charge in [0.15, 0.2) is 5.69 Å². The second kappa shape index (κ2) is 8.33. The molecule has 1 aliphatic heterocycles. The lowest BCUT2D eigenvalue weighted by Gasteiger charge is -2.27. The zero-order chi connectivity index (χ0) is 23.9. The van der Waals surface area contributed by atoms with Gasteiger partial charge in [-0.3, -0.25) is 9.20 Å². The lowest BCUT2D eigenvalue weighted by Crippen LogP contribution is -2.40. The van der Waals surface area contributed by atoms with Crippen molar-refractivity contribution in [3.8, 4) is 28.6 Å². The number of halogens is 3. The smallest absolute Gasteiger partial charge is 0.437 e. The number of ether oxygens (including phenoxy) is 2. The Morgan fingerprint density at radius 3 is 2.71 bits per heavy atom. The summed E-state index contributed by atoms with van der Waals surface area (Å²) in [5.41, 5.74) is -1.17.